The molecule has 4 rings (SSSR count). The second-order valence-electron chi connectivity index (χ2n) is 8.36. The molecular formula is C24H32N6O2. The summed E-state index contributed by atoms with van der Waals surface area (Å²) in [7, 11) is 0. The van der Waals surface area contributed by atoms with E-state index in [4.69, 9.17) is 4.74 Å². The van der Waals surface area contributed by atoms with Gasteiger partial charge in [-0.2, -0.15) is 0 Å². The van der Waals surface area contributed by atoms with Gasteiger partial charge in [0.05, 0.1) is 24.6 Å². The molecule has 0 saturated carbocycles. The Morgan fingerprint density at radius 2 is 1.88 bits per heavy atom. The standard InChI is InChI=1S/C24H32N6O2/c1-18(2)32-16-12-25-22-9-10-23-27-17-21(30(23)28-22)19-5-7-20(8-6-19)24(31)26-11-15-29-13-3-4-14-29/h5-10,17-18H,3-4,11-16H2,1-2H3,(H,25,28)(H,26,31). The van der Waals surface area contributed by atoms with Crippen LogP contribution in [0.15, 0.2) is 42.6 Å². The molecule has 2 N–H and O–H groups in total. The van der Waals surface area contributed by atoms with Crippen LogP contribution in [0.1, 0.15) is 37.0 Å². The number of aromatic nitrogens is 3. The lowest BCUT2D eigenvalue weighted by molar-refractivity contribution is 0.0870. The van der Waals surface area contributed by atoms with Crippen LogP contribution in [0.25, 0.3) is 16.9 Å². The number of amides is 1. The molecule has 0 bridgehead atoms. The Kier molecular flexibility index (Phi) is 7.34. The number of likely N-dealkylation sites (tertiary alicyclic amines) is 1. The Morgan fingerprint density at radius 3 is 2.62 bits per heavy atom. The van der Waals surface area contributed by atoms with E-state index in [1.807, 2.05) is 54.8 Å². The Morgan fingerprint density at radius 1 is 1.09 bits per heavy atom. The molecule has 1 aliphatic heterocycles. The maximum absolute atomic E-state index is 12.5. The van der Waals surface area contributed by atoms with E-state index >= 15 is 0 Å². The summed E-state index contributed by atoms with van der Waals surface area (Å²) in [6.45, 7) is 9.21. The number of hydrogen-bond donors (Lipinski definition) is 2. The van der Waals surface area contributed by atoms with E-state index in [2.05, 4.69) is 25.6 Å². The van der Waals surface area contributed by atoms with Gasteiger partial charge in [0, 0.05) is 30.8 Å². The van der Waals surface area contributed by atoms with E-state index in [1.165, 1.54) is 12.8 Å². The highest BCUT2D eigenvalue weighted by atomic mass is 16.5. The fraction of sp³-hybridized carbons (Fsp3) is 0.458. The molecule has 0 aliphatic carbocycles. The van der Waals surface area contributed by atoms with E-state index in [9.17, 15) is 4.79 Å². The lowest BCUT2D eigenvalue weighted by atomic mass is 10.1. The van der Waals surface area contributed by atoms with E-state index in [1.54, 1.807) is 6.20 Å². The fourth-order valence-corrected chi connectivity index (χ4v) is 3.87. The number of rotatable bonds is 10. The zero-order valence-corrected chi connectivity index (χ0v) is 18.9. The maximum atomic E-state index is 12.5. The minimum Gasteiger partial charge on any atom is -0.377 e. The first-order valence-corrected chi connectivity index (χ1v) is 11.4. The van der Waals surface area contributed by atoms with Crippen molar-refractivity contribution in [3.63, 3.8) is 0 Å². The Bertz CT molecular complexity index is 1020. The summed E-state index contributed by atoms with van der Waals surface area (Å²) in [4.78, 5) is 19.3. The third-order valence-electron chi connectivity index (χ3n) is 5.58. The number of benzene rings is 1. The van der Waals surface area contributed by atoms with E-state index in [0.717, 1.165) is 42.4 Å². The van der Waals surface area contributed by atoms with Gasteiger partial charge in [0.15, 0.2) is 5.65 Å². The van der Waals surface area contributed by atoms with Crippen molar-refractivity contribution in [1.82, 2.24) is 24.8 Å². The van der Waals surface area contributed by atoms with Crippen molar-refractivity contribution in [3.05, 3.63) is 48.2 Å². The minimum atomic E-state index is -0.0397. The Hall–Kier alpha value is -2.97. The number of carbonyl (C=O) groups excluding carboxylic acids is 1. The topological polar surface area (TPSA) is 83.8 Å². The zero-order chi connectivity index (χ0) is 22.3. The van der Waals surface area contributed by atoms with Gasteiger partial charge < -0.3 is 20.3 Å². The average Bonchev–Trinajstić information content (AvgIpc) is 3.46. The highest BCUT2D eigenvalue weighted by Gasteiger charge is 2.13. The third-order valence-corrected chi connectivity index (χ3v) is 5.58. The molecule has 1 aliphatic rings. The molecule has 1 aromatic carbocycles. The largest absolute Gasteiger partial charge is 0.377 e. The van der Waals surface area contributed by atoms with Crippen LogP contribution in [0.2, 0.25) is 0 Å². The van der Waals surface area contributed by atoms with Crippen molar-refractivity contribution >= 4 is 17.4 Å². The summed E-state index contributed by atoms with van der Waals surface area (Å²) in [5.74, 6) is 0.722. The fourth-order valence-electron chi connectivity index (χ4n) is 3.87. The molecule has 1 saturated heterocycles. The number of imidazole rings is 1. The molecule has 2 aromatic heterocycles. The molecule has 8 nitrogen and oxygen atoms in total. The number of nitrogens with zero attached hydrogens (tertiary/aromatic N) is 4. The molecule has 8 heteroatoms. The van der Waals surface area contributed by atoms with Crippen molar-refractivity contribution in [1.29, 1.82) is 0 Å². The van der Waals surface area contributed by atoms with Crippen LogP contribution in [0.4, 0.5) is 5.82 Å². The van der Waals surface area contributed by atoms with Crippen molar-refractivity contribution < 1.29 is 9.53 Å². The lowest BCUT2D eigenvalue weighted by Crippen LogP contribution is -2.33. The molecule has 1 fully saturated rings. The highest BCUT2D eigenvalue weighted by Crippen LogP contribution is 2.21. The number of ether oxygens (including phenoxy) is 1. The molecule has 0 radical (unpaired) electrons. The Balaban J connectivity index is 1.38. The second-order valence-corrected chi connectivity index (χ2v) is 8.36. The number of nitrogens with one attached hydrogen (secondary N) is 2. The van der Waals surface area contributed by atoms with Gasteiger partial charge in [0.25, 0.3) is 5.91 Å². The SMILES string of the molecule is CC(C)OCCNc1ccc2ncc(-c3ccc(C(=O)NCCN4CCCC4)cc3)n2n1. The van der Waals surface area contributed by atoms with Gasteiger partial charge in [-0.1, -0.05) is 12.1 Å². The van der Waals surface area contributed by atoms with Crippen molar-refractivity contribution in [2.24, 2.45) is 0 Å². The van der Waals surface area contributed by atoms with Crippen molar-refractivity contribution in [2.45, 2.75) is 32.8 Å². The Labute approximate surface area is 189 Å². The number of fused-ring (bicyclic) bond motifs is 1. The predicted molar refractivity (Wildman–Crippen MR) is 126 cm³/mol. The van der Waals surface area contributed by atoms with Gasteiger partial charge in [-0.25, -0.2) is 9.50 Å². The molecule has 0 spiro atoms. The monoisotopic (exact) mass is 436 g/mol. The zero-order valence-electron chi connectivity index (χ0n) is 18.9. The molecule has 1 amide bonds. The normalized spacial score (nSPS) is 14.3. The summed E-state index contributed by atoms with van der Waals surface area (Å²) in [6, 6.07) is 11.4. The smallest absolute Gasteiger partial charge is 0.251 e. The first-order chi connectivity index (χ1) is 15.6. The van der Waals surface area contributed by atoms with Crippen molar-refractivity contribution in [3.8, 4) is 11.3 Å². The van der Waals surface area contributed by atoms with Gasteiger partial charge in [0.1, 0.15) is 5.82 Å². The molecule has 0 atom stereocenters. The van der Waals surface area contributed by atoms with E-state index < -0.39 is 0 Å². The summed E-state index contributed by atoms with van der Waals surface area (Å²) in [6.07, 6.45) is 4.54. The maximum Gasteiger partial charge on any atom is 0.251 e. The van der Waals surface area contributed by atoms with Crippen LogP contribution in [0.5, 0.6) is 0 Å². The molecule has 170 valence electrons. The van der Waals surface area contributed by atoms with Gasteiger partial charge in [-0.3, -0.25) is 4.79 Å². The first-order valence-electron chi connectivity index (χ1n) is 11.4. The predicted octanol–water partition coefficient (Wildman–Crippen LogP) is 3.06. The average molecular weight is 437 g/mol. The van der Waals surface area contributed by atoms with Crippen LogP contribution in [0, 0.1) is 0 Å². The minimum absolute atomic E-state index is 0.0397. The van der Waals surface area contributed by atoms with Crippen LogP contribution in [-0.2, 0) is 4.74 Å². The number of anilines is 1. The second kappa shape index (κ2) is 10.6. The van der Waals surface area contributed by atoms with Gasteiger partial charge >= 0.3 is 0 Å². The number of hydrogen-bond acceptors (Lipinski definition) is 6. The molecule has 32 heavy (non-hydrogen) atoms. The lowest BCUT2D eigenvalue weighted by Gasteiger charge is -2.14. The van der Waals surface area contributed by atoms with E-state index in [-0.39, 0.29) is 12.0 Å². The quantitative estimate of drug-likeness (QED) is 0.475. The highest BCUT2D eigenvalue weighted by molar-refractivity contribution is 5.94. The summed E-state index contributed by atoms with van der Waals surface area (Å²) in [5, 5.41) is 11.0. The molecule has 0 unspecified atom stereocenters. The van der Waals surface area contributed by atoms with Gasteiger partial charge in [0.2, 0.25) is 0 Å². The molecule has 3 aromatic rings. The van der Waals surface area contributed by atoms with Crippen molar-refractivity contribution in [2.75, 3.05) is 44.6 Å². The summed E-state index contributed by atoms with van der Waals surface area (Å²) >= 11 is 0. The summed E-state index contributed by atoms with van der Waals surface area (Å²) < 4.78 is 7.38. The number of carbonyl (C=O) groups is 1. The van der Waals surface area contributed by atoms with Gasteiger partial charge in [-0.05, 0) is 64.0 Å². The van der Waals surface area contributed by atoms with Crippen LogP contribution in [-0.4, -0.2) is 70.8 Å². The molecule has 3 heterocycles. The van der Waals surface area contributed by atoms with Crippen LogP contribution in [0.3, 0.4) is 0 Å². The molecular weight excluding hydrogens is 404 g/mol. The van der Waals surface area contributed by atoms with Crippen LogP contribution < -0.4 is 10.6 Å². The third kappa shape index (κ3) is 5.63. The first kappa shape index (κ1) is 22.2. The van der Waals surface area contributed by atoms with Gasteiger partial charge in [-0.15, -0.1) is 5.10 Å². The van der Waals surface area contributed by atoms with Crippen LogP contribution >= 0.6 is 0 Å². The summed E-state index contributed by atoms with van der Waals surface area (Å²) in [5.41, 5.74) is 3.26. The van der Waals surface area contributed by atoms with E-state index in [0.29, 0.717) is 25.3 Å².